The number of ether oxygens (including phenoxy) is 2. The average molecular weight is 353 g/mol. The zero-order valence-corrected chi connectivity index (χ0v) is 13.6. The van der Waals surface area contributed by atoms with Crippen molar-refractivity contribution in [2.75, 3.05) is 6.79 Å². The SMILES string of the molecule is O=[N+]([O-])c1cc2c(cc1C=Nc1nc(-c3ccccc3)cs1)OCO2. The van der Waals surface area contributed by atoms with Crippen LogP contribution in [-0.2, 0) is 0 Å². The molecule has 0 bridgehead atoms. The number of nitro groups is 1. The van der Waals surface area contributed by atoms with Gasteiger partial charge in [0.05, 0.1) is 22.2 Å². The number of aromatic nitrogens is 1. The summed E-state index contributed by atoms with van der Waals surface area (Å²) in [5.41, 5.74) is 2.06. The largest absolute Gasteiger partial charge is 0.454 e. The lowest BCUT2D eigenvalue weighted by molar-refractivity contribution is -0.385. The van der Waals surface area contributed by atoms with Crippen LogP contribution in [0.3, 0.4) is 0 Å². The molecule has 0 atom stereocenters. The van der Waals surface area contributed by atoms with Gasteiger partial charge in [-0.2, -0.15) is 0 Å². The Kier molecular flexibility index (Phi) is 3.87. The van der Waals surface area contributed by atoms with Crippen molar-refractivity contribution >= 4 is 28.4 Å². The fourth-order valence-corrected chi connectivity index (χ4v) is 3.07. The van der Waals surface area contributed by atoms with E-state index >= 15 is 0 Å². The van der Waals surface area contributed by atoms with Crippen LogP contribution < -0.4 is 9.47 Å². The first-order valence-electron chi connectivity index (χ1n) is 7.34. The summed E-state index contributed by atoms with van der Waals surface area (Å²) >= 11 is 1.37. The van der Waals surface area contributed by atoms with Crippen LogP contribution in [0.1, 0.15) is 5.56 Å². The highest BCUT2D eigenvalue weighted by atomic mass is 32.1. The fraction of sp³-hybridized carbons (Fsp3) is 0.0588. The molecule has 0 saturated carbocycles. The Hall–Kier alpha value is -3.26. The van der Waals surface area contributed by atoms with Crippen molar-refractivity contribution < 1.29 is 14.4 Å². The van der Waals surface area contributed by atoms with E-state index in [-0.39, 0.29) is 12.5 Å². The summed E-state index contributed by atoms with van der Waals surface area (Å²) in [6.07, 6.45) is 1.42. The third kappa shape index (κ3) is 3.07. The lowest BCUT2D eigenvalue weighted by atomic mass is 10.1. The molecule has 1 aromatic heterocycles. The maximum absolute atomic E-state index is 11.3. The molecule has 4 rings (SSSR count). The molecule has 0 fully saturated rings. The highest BCUT2D eigenvalue weighted by molar-refractivity contribution is 7.13. The Balaban J connectivity index is 1.64. The van der Waals surface area contributed by atoms with E-state index in [2.05, 4.69) is 9.98 Å². The molecular weight excluding hydrogens is 342 g/mol. The van der Waals surface area contributed by atoms with Gasteiger partial charge in [-0.15, -0.1) is 11.3 Å². The van der Waals surface area contributed by atoms with Gasteiger partial charge in [-0.3, -0.25) is 10.1 Å². The molecular formula is C17H11N3O4S. The number of benzene rings is 2. The molecule has 0 saturated heterocycles. The highest BCUT2D eigenvalue weighted by Crippen LogP contribution is 2.37. The Morgan fingerprint density at radius 2 is 1.96 bits per heavy atom. The summed E-state index contributed by atoms with van der Waals surface area (Å²) in [5.74, 6) is 0.834. The van der Waals surface area contributed by atoms with Crippen LogP contribution in [0.2, 0.25) is 0 Å². The van der Waals surface area contributed by atoms with Gasteiger partial charge in [0.2, 0.25) is 11.9 Å². The van der Waals surface area contributed by atoms with Crippen molar-refractivity contribution in [1.29, 1.82) is 0 Å². The van der Waals surface area contributed by atoms with Gasteiger partial charge < -0.3 is 9.47 Å². The smallest absolute Gasteiger partial charge is 0.282 e. The molecule has 3 aromatic rings. The van der Waals surface area contributed by atoms with Crippen LogP contribution in [0.5, 0.6) is 11.5 Å². The zero-order chi connectivity index (χ0) is 17.2. The molecule has 2 aromatic carbocycles. The minimum absolute atomic E-state index is 0.0556. The molecule has 8 heteroatoms. The number of hydrogen-bond acceptors (Lipinski definition) is 7. The molecule has 1 aliphatic rings. The molecule has 124 valence electrons. The van der Waals surface area contributed by atoms with Crippen molar-refractivity contribution in [3.8, 4) is 22.8 Å². The van der Waals surface area contributed by atoms with Crippen LogP contribution >= 0.6 is 11.3 Å². The predicted molar refractivity (Wildman–Crippen MR) is 94.0 cm³/mol. The Labute approximate surface area is 146 Å². The summed E-state index contributed by atoms with van der Waals surface area (Å²) in [5, 5.41) is 13.7. The second kappa shape index (κ2) is 6.33. The topological polar surface area (TPSA) is 86.9 Å². The first-order valence-corrected chi connectivity index (χ1v) is 8.22. The Morgan fingerprint density at radius 1 is 1.20 bits per heavy atom. The van der Waals surface area contributed by atoms with E-state index in [9.17, 15) is 10.1 Å². The molecule has 25 heavy (non-hydrogen) atoms. The van der Waals surface area contributed by atoms with E-state index in [1.54, 1.807) is 6.07 Å². The number of hydrogen-bond donors (Lipinski definition) is 0. The van der Waals surface area contributed by atoms with Crippen molar-refractivity contribution in [1.82, 2.24) is 4.98 Å². The molecule has 0 radical (unpaired) electrons. The van der Waals surface area contributed by atoms with Gasteiger partial charge in [-0.05, 0) is 6.07 Å². The van der Waals surface area contributed by atoms with Crippen molar-refractivity contribution in [2.24, 2.45) is 4.99 Å². The van der Waals surface area contributed by atoms with E-state index in [4.69, 9.17) is 9.47 Å². The highest BCUT2D eigenvalue weighted by Gasteiger charge is 2.22. The number of nitrogens with zero attached hydrogens (tertiary/aromatic N) is 3. The van der Waals surface area contributed by atoms with Crippen LogP contribution in [0.4, 0.5) is 10.8 Å². The molecule has 7 nitrogen and oxygen atoms in total. The van der Waals surface area contributed by atoms with Crippen LogP contribution in [0.15, 0.2) is 52.8 Å². The number of aliphatic imine (C=N–C) groups is 1. The fourth-order valence-electron chi connectivity index (χ4n) is 2.40. The van der Waals surface area contributed by atoms with Gasteiger partial charge in [0.1, 0.15) is 0 Å². The van der Waals surface area contributed by atoms with Crippen LogP contribution in [-0.4, -0.2) is 22.9 Å². The summed E-state index contributed by atoms with van der Waals surface area (Å²) < 4.78 is 10.4. The molecule has 0 N–H and O–H groups in total. The molecule has 1 aliphatic heterocycles. The minimum atomic E-state index is -0.472. The van der Waals surface area contributed by atoms with Gasteiger partial charge in [-0.1, -0.05) is 30.3 Å². The Morgan fingerprint density at radius 3 is 2.72 bits per heavy atom. The number of nitro benzene ring substituents is 1. The quantitative estimate of drug-likeness (QED) is 0.398. The van der Waals surface area contributed by atoms with Crippen molar-refractivity contribution in [3.05, 3.63) is 63.5 Å². The van der Waals surface area contributed by atoms with Crippen LogP contribution in [0, 0.1) is 10.1 Å². The summed E-state index contributed by atoms with van der Waals surface area (Å²) in [6.45, 7) is 0.0556. The van der Waals surface area contributed by atoms with Gasteiger partial charge in [0.15, 0.2) is 11.5 Å². The summed E-state index contributed by atoms with van der Waals surface area (Å²) in [7, 11) is 0. The average Bonchev–Trinajstić information content (AvgIpc) is 3.28. The monoisotopic (exact) mass is 353 g/mol. The number of rotatable bonds is 4. The van der Waals surface area contributed by atoms with E-state index in [1.807, 2.05) is 35.7 Å². The maximum atomic E-state index is 11.3. The normalized spacial score (nSPS) is 12.6. The first kappa shape index (κ1) is 15.3. The molecule has 2 heterocycles. The van der Waals surface area contributed by atoms with Crippen LogP contribution in [0.25, 0.3) is 11.3 Å². The molecule has 0 spiro atoms. The zero-order valence-electron chi connectivity index (χ0n) is 12.8. The second-order valence-corrected chi connectivity index (χ2v) is 6.00. The standard InChI is InChI=1S/C17H11N3O4S/c21-20(22)14-7-16-15(23-10-24-16)6-12(14)8-18-17-19-13(9-25-17)11-4-2-1-3-5-11/h1-9H,10H2. The lowest BCUT2D eigenvalue weighted by Gasteiger charge is -2.00. The minimum Gasteiger partial charge on any atom is -0.454 e. The van der Waals surface area contributed by atoms with E-state index in [0.717, 1.165) is 11.3 Å². The third-order valence-corrected chi connectivity index (χ3v) is 4.34. The van der Waals surface area contributed by atoms with E-state index in [0.29, 0.717) is 22.2 Å². The first-order chi connectivity index (χ1) is 12.2. The van der Waals surface area contributed by atoms with Gasteiger partial charge in [0, 0.05) is 17.2 Å². The predicted octanol–water partition coefficient (Wildman–Crippen LogP) is 4.20. The summed E-state index contributed by atoms with van der Waals surface area (Å²) in [6, 6.07) is 12.6. The van der Waals surface area contributed by atoms with Crippen molar-refractivity contribution in [3.63, 3.8) is 0 Å². The maximum Gasteiger partial charge on any atom is 0.282 e. The number of fused-ring (bicyclic) bond motifs is 1. The number of thiazole rings is 1. The van der Waals surface area contributed by atoms with Crippen molar-refractivity contribution in [2.45, 2.75) is 0 Å². The molecule has 0 unspecified atom stereocenters. The lowest BCUT2D eigenvalue weighted by Crippen LogP contribution is -1.94. The van der Waals surface area contributed by atoms with E-state index in [1.165, 1.54) is 23.6 Å². The van der Waals surface area contributed by atoms with Gasteiger partial charge in [-0.25, -0.2) is 9.98 Å². The summed E-state index contributed by atoms with van der Waals surface area (Å²) in [4.78, 5) is 19.5. The molecule has 0 aliphatic carbocycles. The van der Waals surface area contributed by atoms with Gasteiger partial charge >= 0.3 is 0 Å². The van der Waals surface area contributed by atoms with Gasteiger partial charge in [0.25, 0.3) is 5.69 Å². The Bertz CT molecular complexity index is 969. The third-order valence-electron chi connectivity index (χ3n) is 3.59. The molecule has 0 amide bonds. The van der Waals surface area contributed by atoms with E-state index < -0.39 is 4.92 Å². The second-order valence-electron chi connectivity index (χ2n) is 5.16.